The third kappa shape index (κ3) is 4.03. The number of aliphatic hydroxyl groups excluding tert-OH is 2. The van der Waals surface area contributed by atoms with Crippen LogP contribution in [0.4, 0.5) is 0 Å². The van der Waals surface area contributed by atoms with Gasteiger partial charge in [0.05, 0.1) is 11.6 Å². The number of phenolic OH excluding ortho intramolecular Hbond substituents is 1. The fourth-order valence-corrected chi connectivity index (χ4v) is 6.38. The number of phenols is 1. The number of primary amides is 1. The van der Waals surface area contributed by atoms with Gasteiger partial charge >= 0.3 is 0 Å². The molecule has 8 N–H and O–H groups in total. The van der Waals surface area contributed by atoms with E-state index in [-0.39, 0.29) is 29.7 Å². The Hall–Kier alpha value is -4.26. The number of likely N-dealkylation sites (N-methyl/N-ethyl adjacent to an activating group) is 1. The number of aromatic hydroxyl groups is 1. The molecule has 0 saturated heterocycles. The van der Waals surface area contributed by atoms with E-state index in [1.807, 2.05) is 0 Å². The van der Waals surface area contributed by atoms with Gasteiger partial charge in [0.25, 0.3) is 5.91 Å². The Kier molecular flexibility index (Phi) is 6.65. The van der Waals surface area contributed by atoms with Gasteiger partial charge in [-0.2, -0.15) is 0 Å². The number of aromatic nitrogens is 1. The SMILES string of the molecule is CN(C)[C@H]1C(=O)C(C(N)=O)=C(O)[C@@]2(O)C(=O)C3=C(O)c4c(O)ccc(CNCc5cc[n+](O)cc5)c4C[C@H]3C[C@H]12. The molecule has 3 aliphatic rings. The lowest BCUT2D eigenvalue weighted by Gasteiger charge is -2.50. The highest BCUT2D eigenvalue weighted by Crippen LogP contribution is 2.52. The number of amides is 1. The number of pyridine rings is 1. The van der Waals surface area contributed by atoms with Gasteiger partial charge in [-0.3, -0.25) is 24.5 Å². The Labute approximate surface area is 229 Å². The predicted octanol–water partition coefficient (Wildman–Crippen LogP) is -0.221. The smallest absolute Gasteiger partial charge is 0.255 e. The summed E-state index contributed by atoms with van der Waals surface area (Å²) >= 11 is 0. The van der Waals surface area contributed by atoms with Crippen molar-refractivity contribution in [2.45, 2.75) is 37.6 Å². The van der Waals surface area contributed by atoms with E-state index in [1.165, 1.54) is 23.4 Å². The molecule has 210 valence electrons. The van der Waals surface area contributed by atoms with Crippen molar-refractivity contribution in [2.75, 3.05) is 14.1 Å². The van der Waals surface area contributed by atoms with Crippen LogP contribution < -0.4 is 15.8 Å². The highest BCUT2D eigenvalue weighted by atomic mass is 16.5. The fraction of sp³-hybridized carbons (Fsp3) is 0.357. The molecule has 5 rings (SSSR count). The number of fused-ring (bicyclic) bond motifs is 3. The number of nitrogens with two attached hydrogens (primary N) is 1. The van der Waals surface area contributed by atoms with Gasteiger partial charge < -0.3 is 31.5 Å². The van der Waals surface area contributed by atoms with Crippen LogP contribution in [0.1, 0.15) is 28.7 Å². The van der Waals surface area contributed by atoms with Crippen LogP contribution in [0.15, 0.2) is 53.6 Å². The first-order chi connectivity index (χ1) is 18.9. The molecule has 12 nitrogen and oxygen atoms in total. The van der Waals surface area contributed by atoms with Crippen molar-refractivity contribution in [3.8, 4) is 5.75 Å². The van der Waals surface area contributed by atoms with Crippen molar-refractivity contribution in [1.29, 1.82) is 0 Å². The lowest BCUT2D eigenvalue weighted by Crippen LogP contribution is -2.65. The van der Waals surface area contributed by atoms with Crippen molar-refractivity contribution in [1.82, 2.24) is 10.2 Å². The van der Waals surface area contributed by atoms with Crippen LogP contribution in [0, 0.1) is 11.8 Å². The second kappa shape index (κ2) is 9.73. The molecule has 1 aromatic carbocycles. The Balaban J connectivity index is 1.56. The van der Waals surface area contributed by atoms with E-state index in [0.29, 0.717) is 18.7 Å². The number of benzene rings is 1. The molecule has 0 spiro atoms. The maximum Gasteiger partial charge on any atom is 0.255 e. The molecule has 1 fully saturated rings. The van der Waals surface area contributed by atoms with Gasteiger partial charge in [0.15, 0.2) is 11.4 Å². The van der Waals surface area contributed by atoms with Crippen molar-refractivity contribution in [3.63, 3.8) is 0 Å². The first-order valence-electron chi connectivity index (χ1n) is 12.8. The van der Waals surface area contributed by atoms with Gasteiger partial charge in [-0.15, -0.1) is 0 Å². The van der Waals surface area contributed by atoms with E-state index >= 15 is 0 Å². The van der Waals surface area contributed by atoms with E-state index in [9.17, 15) is 40.0 Å². The van der Waals surface area contributed by atoms with Crippen LogP contribution in [0.2, 0.25) is 0 Å². The fourth-order valence-electron chi connectivity index (χ4n) is 6.38. The lowest BCUT2D eigenvalue weighted by atomic mass is 9.57. The van der Waals surface area contributed by atoms with Crippen molar-refractivity contribution in [2.24, 2.45) is 17.6 Å². The molecular weight excluding hydrogens is 520 g/mol. The summed E-state index contributed by atoms with van der Waals surface area (Å²) in [6.45, 7) is 0.832. The van der Waals surface area contributed by atoms with Crippen molar-refractivity contribution in [3.05, 3.63) is 75.8 Å². The zero-order valence-electron chi connectivity index (χ0n) is 22.0. The van der Waals surface area contributed by atoms with E-state index in [2.05, 4.69) is 5.32 Å². The van der Waals surface area contributed by atoms with Crippen LogP contribution >= 0.6 is 0 Å². The quantitative estimate of drug-likeness (QED) is 0.143. The normalized spacial score (nSPS) is 26.1. The molecule has 3 aliphatic carbocycles. The van der Waals surface area contributed by atoms with Crippen LogP contribution in [0.3, 0.4) is 0 Å². The Morgan fingerprint density at radius 1 is 1.12 bits per heavy atom. The molecule has 0 unspecified atom stereocenters. The van der Waals surface area contributed by atoms with E-state index in [0.717, 1.165) is 15.9 Å². The third-order valence-electron chi connectivity index (χ3n) is 8.23. The van der Waals surface area contributed by atoms with Gasteiger partial charge in [-0.25, -0.2) is 0 Å². The highest BCUT2D eigenvalue weighted by Gasteiger charge is 2.64. The standard InChI is InChI=1S/C28H30N4O8/c1-31(2)22-17-10-15-9-16-14(12-30-11-13-5-7-32(40)8-6-13)3-4-18(33)20(16)23(34)19(15)25(36)28(17,39)26(37)21(24(22)35)27(29)38/h3-8,15,17,22,30,39H,9-12H2,1-2H3,(H5-,29,33,34,35,36,37,38,40)/p+1/t15-,17+,22+,28-/m0/s1. The lowest BCUT2D eigenvalue weighted by molar-refractivity contribution is -0.904. The number of ketones is 2. The third-order valence-corrected chi connectivity index (χ3v) is 8.23. The van der Waals surface area contributed by atoms with Crippen LogP contribution in [0.25, 0.3) is 5.76 Å². The molecule has 1 amide bonds. The zero-order chi connectivity index (χ0) is 29.1. The Bertz CT molecular complexity index is 1500. The molecule has 1 heterocycles. The molecule has 40 heavy (non-hydrogen) atoms. The number of hydrogen-bond donors (Lipinski definition) is 7. The predicted molar refractivity (Wildman–Crippen MR) is 139 cm³/mol. The van der Waals surface area contributed by atoms with Gasteiger partial charge in [-0.1, -0.05) is 6.07 Å². The maximum absolute atomic E-state index is 13.9. The summed E-state index contributed by atoms with van der Waals surface area (Å²) in [6, 6.07) is 5.47. The number of rotatable bonds is 6. The summed E-state index contributed by atoms with van der Waals surface area (Å²) in [7, 11) is 3.12. The molecular formula is C28H31N4O8+. The minimum absolute atomic E-state index is 0.0272. The molecule has 2 aromatic rings. The molecule has 12 heteroatoms. The van der Waals surface area contributed by atoms with E-state index in [1.54, 1.807) is 32.3 Å². The first-order valence-corrected chi connectivity index (χ1v) is 12.8. The molecule has 0 bridgehead atoms. The summed E-state index contributed by atoms with van der Waals surface area (Å²) in [5, 5.41) is 57.3. The number of nitrogens with one attached hydrogen (secondary N) is 1. The minimum atomic E-state index is -2.66. The number of Topliss-reactive ketones (excluding diaryl/α,β-unsaturated/α-hetero) is 2. The number of aliphatic hydroxyl groups is 3. The topological polar surface area (TPSA) is 198 Å². The average Bonchev–Trinajstić information content (AvgIpc) is 2.88. The second-order valence-electron chi connectivity index (χ2n) is 10.7. The van der Waals surface area contributed by atoms with Gasteiger partial charge in [0.1, 0.15) is 22.8 Å². The highest BCUT2D eigenvalue weighted by molar-refractivity contribution is 6.24. The Morgan fingerprint density at radius 2 is 1.80 bits per heavy atom. The van der Waals surface area contributed by atoms with Crippen molar-refractivity contribution >= 4 is 23.2 Å². The van der Waals surface area contributed by atoms with E-state index < -0.39 is 58.0 Å². The van der Waals surface area contributed by atoms with E-state index in [4.69, 9.17) is 5.73 Å². The largest absolute Gasteiger partial charge is 0.508 e. The number of hydrogen-bond acceptors (Lipinski definition) is 10. The Morgan fingerprint density at radius 3 is 2.42 bits per heavy atom. The van der Waals surface area contributed by atoms with Crippen LogP contribution in [-0.4, -0.2) is 73.7 Å². The monoisotopic (exact) mass is 551 g/mol. The number of carbonyl (C=O) groups excluding carboxylic acids is 3. The molecule has 1 saturated carbocycles. The second-order valence-corrected chi connectivity index (χ2v) is 10.7. The van der Waals surface area contributed by atoms with Crippen LogP contribution in [0.5, 0.6) is 5.75 Å². The van der Waals surface area contributed by atoms with Gasteiger partial charge in [-0.05, 0) is 55.6 Å². The van der Waals surface area contributed by atoms with Gasteiger partial charge in [0.2, 0.25) is 18.2 Å². The number of nitrogens with zero attached hydrogens (tertiary/aromatic N) is 2. The summed E-state index contributed by atoms with van der Waals surface area (Å²) in [6.07, 6.45) is 3.25. The summed E-state index contributed by atoms with van der Waals surface area (Å²) in [5.41, 5.74) is 4.00. The van der Waals surface area contributed by atoms with Crippen molar-refractivity contribution < 1.29 is 44.7 Å². The zero-order valence-corrected chi connectivity index (χ0v) is 22.0. The van der Waals surface area contributed by atoms with Crippen LogP contribution in [-0.2, 0) is 33.9 Å². The molecule has 4 atom stereocenters. The first kappa shape index (κ1) is 27.3. The summed E-state index contributed by atoms with van der Waals surface area (Å²) in [5.74, 6) is -6.77. The average molecular weight is 552 g/mol. The minimum Gasteiger partial charge on any atom is -0.508 e. The van der Waals surface area contributed by atoms with Gasteiger partial charge in [0, 0.05) is 41.4 Å². The summed E-state index contributed by atoms with van der Waals surface area (Å²) < 4.78 is 0.935. The molecule has 0 aliphatic heterocycles. The summed E-state index contributed by atoms with van der Waals surface area (Å²) in [4.78, 5) is 40.6. The molecule has 0 radical (unpaired) electrons. The molecule has 1 aromatic heterocycles. The number of carbonyl (C=O) groups is 3. The maximum atomic E-state index is 13.9.